The Hall–Kier alpha value is 0. The van der Waals surface area contributed by atoms with Crippen LogP contribution in [0.2, 0.25) is 0 Å². The molecule has 0 aromatic heterocycles. The molecule has 0 aromatic rings. The van der Waals surface area contributed by atoms with Gasteiger partial charge in [-0.1, -0.05) is 0 Å². The van der Waals surface area contributed by atoms with Gasteiger partial charge in [-0.25, -0.2) is 0 Å². The molecular weight excluding hydrogens is 156 g/mol. The fourth-order valence-corrected chi connectivity index (χ4v) is 9.36. The monoisotopic (exact) mass is 170 g/mol. The van der Waals surface area contributed by atoms with Gasteiger partial charge < -0.3 is 0 Å². The summed E-state index contributed by atoms with van der Waals surface area (Å²) in [5, 5.41) is 0. The van der Waals surface area contributed by atoms with Crippen LogP contribution in [-0.2, 0) is 0 Å². The maximum absolute atomic E-state index is 1.72. The lowest BCUT2D eigenvalue weighted by molar-refractivity contribution is -0.350. The fourth-order valence-electron chi connectivity index (χ4n) is 9.36. The molecule has 9 aliphatic carbocycles. The molecule has 0 radical (unpaired) electrons. The topological polar surface area (TPSA) is 0 Å². The summed E-state index contributed by atoms with van der Waals surface area (Å²) in [4.78, 5) is 0. The smallest absolute Gasteiger partial charge is 0.0133 e. The van der Waals surface area contributed by atoms with Gasteiger partial charge in [-0.05, 0) is 77.4 Å². The Labute approximate surface area is 78.1 Å². The lowest BCUT2D eigenvalue weighted by Crippen LogP contribution is -2.77. The summed E-state index contributed by atoms with van der Waals surface area (Å²) in [7, 11) is 0. The Balaban J connectivity index is 1.74. The highest BCUT2D eigenvalue weighted by atomic mass is 15.2. The minimum atomic E-state index is 1.06. The Bertz CT molecular complexity index is 426. The quantitative estimate of drug-likeness (QED) is 0.523. The molecule has 9 rings (SSSR count). The van der Waals surface area contributed by atoms with Gasteiger partial charge in [0.2, 0.25) is 0 Å². The summed E-state index contributed by atoms with van der Waals surface area (Å²) in [6, 6.07) is 0. The van der Waals surface area contributed by atoms with Crippen molar-refractivity contribution in [2.24, 2.45) is 51.8 Å². The van der Waals surface area contributed by atoms with Gasteiger partial charge in [0.25, 0.3) is 0 Å². The van der Waals surface area contributed by atoms with Crippen LogP contribution in [0.5, 0.6) is 0 Å². The average molecular weight is 170 g/mol. The van der Waals surface area contributed by atoms with Crippen molar-refractivity contribution >= 4 is 0 Å². The lowest BCUT2D eigenvalue weighted by atomic mass is 9.22. The standard InChI is InChI=1S/C13H14/c1-5-3-12-9-2-6-7-4-11(9,12)10(7)13(5,12)8(1)6/h5-10H,1-4H2. The van der Waals surface area contributed by atoms with Gasteiger partial charge in [0.1, 0.15) is 0 Å². The van der Waals surface area contributed by atoms with Gasteiger partial charge in [0.15, 0.2) is 0 Å². The fraction of sp³-hybridized carbons (Fsp3) is 1.00. The van der Waals surface area contributed by atoms with Crippen molar-refractivity contribution in [2.45, 2.75) is 25.7 Å². The zero-order valence-corrected chi connectivity index (χ0v) is 7.79. The summed E-state index contributed by atoms with van der Waals surface area (Å²) >= 11 is 0. The van der Waals surface area contributed by atoms with E-state index in [1.165, 1.54) is 35.5 Å². The van der Waals surface area contributed by atoms with Crippen molar-refractivity contribution in [3.8, 4) is 0 Å². The van der Waals surface area contributed by atoms with Crippen LogP contribution in [0.25, 0.3) is 0 Å². The first-order chi connectivity index (χ1) is 6.39. The Morgan fingerprint density at radius 1 is 1.00 bits per heavy atom. The molecule has 9 aliphatic rings. The second-order valence-electron chi connectivity index (χ2n) is 7.49. The van der Waals surface area contributed by atoms with Crippen molar-refractivity contribution in [3.05, 3.63) is 0 Å². The van der Waals surface area contributed by atoms with E-state index in [1.54, 1.807) is 25.7 Å². The molecule has 0 amide bonds. The predicted octanol–water partition coefficient (Wildman–Crippen LogP) is 2.30. The normalized spacial score (nSPS) is 102. The van der Waals surface area contributed by atoms with Gasteiger partial charge in [0.05, 0.1) is 0 Å². The minimum Gasteiger partial charge on any atom is -0.0461 e. The first-order valence-electron chi connectivity index (χ1n) is 6.39. The lowest BCUT2D eigenvalue weighted by Gasteiger charge is -2.82. The van der Waals surface area contributed by atoms with Crippen molar-refractivity contribution in [2.75, 3.05) is 0 Å². The maximum atomic E-state index is 1.72. The van der Waals surface area contributed by atoms with E-state index in [0.29, 0.717) is 0 Å². The maximum Gasteiger partial charge on any atom is -0.0133 e. The van der Waals surface area contributed by atoms with Crippen molar-refractivity contribution in [3.63, 3.8) is 0 Å². The van der Waals surface area contributed by atoms with Gasteiger partial charge in [-0.15, -0.1) is 0 Å². The highest BCUT2D eigenvalue weighted by Gasteiger charge is 3.12. The highest BCUT2D eigenvalue weighted by Crippen LogP contribution is 3.17. The number of hydrogen-bond donors (Lipinski definition) is 0. The van der Waals surface area contributed by atoms with Gasteiger partial charge in [0, 0.05) is 0 Å². The van der Waals surface area contributed by atoms with Crippen LogP contribution in [0.3, 0.4) is 0 Å². The molecule has 9 atom stereocenters. The third-order valence-electron chi connectivity index (χ3n) is 8.78. The molecule has 3 spiro atoms. The van der Waals surface area contributed by atoms with Crippen LogP contribution < -0.4 is 0 Å². The second-order valence-corrected chi connectivity index (χ2v) is 7.49. The molecule has 0 saturated heterocycles. The van der Waals surface area contributed by atoms with Gasteiger partial charge in [-0.3, -0.25) is 0 Å². The Morgan fingerprint density at radius 2 is 2.00 bits per heavy atom. The molecule has 0 nitrogen and oxygen atoms in total. The number of hydrogen-bond acceptors (Lipinski definition) is 0. The molecule has 0 aromatic carbocycles. The van der Waals surface area contributed by atoms with Crippen LogP contribution in [0, 0.1) is 51.8 Å². The van der Waals surface area contributed by atoms with Crippen molar-refractivity contribution in [1.29, 1.82) is 0 Å². The van der Waals surface area contributed by atoms with E-state index < -0.39 is 0 Å². The molecule has 0 N–H and O–H groups in total. The van der Waals surface area contributed by atoms with Gasteiger partial charge >= 0.3 is 0 Å². The van der Waals surface area contributed by atoms with Crippen LogP contribution in [-0.4, -0.2) is 0 Å². The minimum absolute atomic E-state index is 1.06. The molecule has 0 heterocycles. The molecule has 9 saturated carbocycles. The first kappa shape index (κ1) is 5.19. The molecule has 66 valence electrons. The van der Waals surface area contributed by atoms with Crippen LogP contribution in [0.15, 0.2) is 0 Å². The van der Waals surface area contributed by atoms with Crippen molar-refractivity contribution < 1.29 is 0 Å². The molecule has 0 aliphatic heterocycles. The van der Waals surface area contributed by atoms with E-state index in [4.69, 9.17) is 0 Å². The predicted molar refractivity (Wildman–Crippen MR) is 46.7 cm³/mol. The molecular formula is C13H14. The van der Waals surface area contributed by atoms with Crippen LogP contribution in [0.4, 0.5) is 0 Å². The summed E-state index contributed by atoms with van der Waals surface area (Å²) in [6.07, 6.45) is 6.82. The molecule has 13 heavy (non-hydrogen) atoms. The summed E-state index contributed by atoms with van der Waals surface area (Å²) in [5.74, 6) is 7.74. The molecule has 6 bridgehead atoms. The van der Waals surface area contributed by atoms with E-state index in [0.717, 1.165) is 16.2 Å². The van der Waals surface area contributed by atoms with Gasteiger partial charge in [-0.2, -0.15) is 0 Å². The summed E-state index contributed by atoms with van der Waals surface area (Å²) in [5.41, 5.74) is 3.19. The summed E-state index contributed by atoms with van der Waals surface area (Å²) < 4.78 is 0. The second kappa shape index (κ2) is 0.907. The number of rotatable bonds is 0. The SMILES string of the molecule is C1C2CC34C5CC6C7CC53C7C24C16. The summed E-state index contributed by atoms with van der Waals surface area (Å²) in [6.45, 7) is 0. The zero-order chi connectivity index (χ0) is 7.79. The van der Waals surface area contributed by atoms with E-state index in [-0.39, 0.29) is 0 Å². The third kappa shape index (κ3) is 0.178. The van der Waals surface area contributed by atoms with E-state index in [9.17, 15) is 0 Å². The van der Waals surface area contributed by atoms with Crippen molar-refractivity contribution in [1.82, 2.24) is 0 Å². The molecule has 9 fully saturated rings. The highest BCUT2D eigenvalue weighted by molar-refractivity contribution is 5.59. The molecule has 0 heteroatoms. The van der Waals surface area contributed by atoms with E-state index >= 15 is 0 Å². The Morgan fingerprint density at radius 3 is 2.85 bits per heavy atom. The zero-order valence-electron chi connectivity index (χ0n) is 7.79. The average Bonchev–Trinajstić information content (AvgIpc) is 2.63. The van der Waals surface area contributed by atoms with Crippen LogP contribution in [0.1, 0.15) is 25.7 Å². The van der Waals surface area contributed by atoms with Crippen LogP contribution >= 0.6 is 0 Å². The van der Waals surface area contributed by atoms with E-state index in [1.807, 2.05) is 0 Å². The first-order valence-corrected chi connectivity index (χ1v) is 6.39. The Kier molecular flexibility index (Phi) is 0.362. The molecule has 9 unspecified atom stereocenters. The largest absolute Gasteiger partial charge is 0.0461 e. The van der Waals surface area contributed by atoms with E-state index in [2.05, 4.69) is 0 Å². The third-order valence-corrected chi connectivity index (χ3v) is 8.78.